The minimum atomic E-state index is -0.293. The number of piperidine rings is 1. The predicted octanol–water partition coefficient (Wildman–Crippen LogP) is 1.70. The van der Waals surface area contributed by atoms with E-state index >= 15 is 0 Å². The molecular formula is C12H13ClN2O2. The maximum absolute atomic E-state index is 12.0. The van der Waals surface area contributed by atoms with Crippen LogP contribution in [0.1, 0.15) is 23.2 Å². The van der Waals surface area contributed by atoms with Gasteiger partial charge < -0.3 is 4.90 Å². The molecule has 0 spiro atoms. The Balaban J connectivity index is 1.98. The molecule has 1 aromatic heterocycles. The summed E-state index contributed by atoms with van der Waals surface area (Å²) in [4.78, 5) is 28.7. The zero-order chi connectivity index (χ0) is 12.3. The molecule has 0 aromatic carbocycles. The van der Waals surface area contributed by atoms with Gasteiger partial charge in [-0.15, -0.1) is 0 Å². The van der Waals surface area contributed by atoms with Gasteiger partial charge in [-0.2, -0.15) is 0 Å². The molecule has 1 saturated heterocycles. The van der Waals surface area contributed by atoms with Gasteiger partial charge in [0.2, 0.25) is 5.24 Å². The summed E-state index contributed by atoms with van der Waals surface area (Å²) in [5.74, 6) is -0.131. The van der Waals surface area contributed by atoms with Crippen LogP contribution in [0.5, 0.6) is 0 Å². The van der Waals surface area contributed by atoms with Crippen molar-refractivity contribution in [2.75, 3.05) is 13.1 Å². The second-order valence-corrected chi connectivity index (χ2v) is 4.48. The Labute approximate surface area is 105 Å². The van der Waals surface area contributed by atoms with Crippen LogP contribution in [0.3, 0.4) is 0 Å². The summed E-state index contributed by atoms with van der Waals surface area (Å²) in [6, 6.07) is 3.48. The Morgan fingerprint density at radius 1 is 1.35 bits per heavy atom. The second kappa shape index (κ2) is 5.27. The van der Waals surface area contributed by atoms with Gasteiger partial charge >= 0.3 is 0 Å². The van der Waals surface area contributed by atoms with Gasteiger partial charge in [-0.25, -0.2) is 0 Å². The van der Waals surface area contributed by atoms with Crippen molar-refractivity contribution in [2.45, 2.75) is 12.8 Å². The SMILES string of the molecule is O=C(Cl)C1CCN(C(=O)c2cccnc2)CC1. The molecule has 0 saturated carbocycles. The maximum Gasteiger partial charge on any atom is 0.255 e. The quantitative estimate of drug-likeness (QED) is 0.753. The summed E-state index contributed by atoms with van der Waals surface area (Å²) >= 11 is 5.45. The van der Waals surface area contributed by atoms with Crippen LogP contribution >= 0.6 is 11.6 Å². The van der Waals surface area contributed by atoms with Gasteiger partial charge in [0.05, 0.1) is 5.56 Å². The van der Waals surface area contributed by atoms with E-state index in [0.717, 1.165) is 0 Å². The van der Waals surface area contributed by atoms with E-state index in [1.807, 2.05) is 0 Å². The summed E-state index contributed by atoms with van der Waals surface area (Å²) in [5.41, 5.74) is 0.586. The van der Waals surface area contributed by atoms with Crippen molar-refractivity contribution in [3.63, 3.8) is 0 Å². The fraction of sp³-hybridized carbons (Fsp3) is 0.417. The van der Waals surface area contributed by atoms with Crippen LogP contribution in [0.25, 0.3) is 0 Å². The molecule has 2 rings (SSSR count). The van der Waals surface area contributed by atoms with Crippen LogP contribution in [0, 0.1) is 5.92 Å². The first-order chi connectivity index (χ1) is 8.18. The lowest BCUT2D eigenvalue weighted by Gasteiger charge is -2.30. The number of aromatic nitrogens is 1. The fourth-order valence-electron chi connectivity index (χ4n) is 1.98. The number of carbonyl (C=O) groups is 2. The Morgan fingerprint density at radius 2 is 2.06 bits per heavy atom. The van der Waals surface area contributed by atoms with Gasteiger partial charge in [0.25, 0.3) is 5.91 Å². The third-order valence-corrected chi connectivity index (χ3v) is 3.32. The van der Waals surface area contributed by atoms with Crippen molar-refractivity contribution in [3.05, 3.63) is 30.1 Å². The van der Waals surface area contributed by atoms with Gasteiger partial charge in [-0.1, -0.05) is 0 Å². The number of likely N-dealkylation sites (tertiary alicyclic amines) is 1. The van der Waals surface area contributed by atoms with E-state index in [4.69, 9.17) is 11.6 Å². The lowest BCUT2D eigenvalue weighted by atomic mass is 9.98. The average molecular weight is 253 g/mol. The molecule has 0 N–H and O–H groups in total. The largest absolute Gasteiger partial charge is 0.339 e. The molecule has 0 radical (unpaired) electrons. The molecule has 90 valence electrons. The average Bonchev–Trinajstić information content (AvgIpc) is 2.39. The van der Waals surface area contributed by atoms with Crippen LogP contribution in [0.15, 0.2) is 24.5 Å². The molecule has 1 fully saturated rings. The molecular weight excluding hydrogens is 240 g/mol. The summed E-state index contributed by atoms with van der Waals surface area (Å²) in [6.07, 6.45) is 4.49. The lowest BCUT2D eigenvalue weighted by Crippen LogP contribution is -2.39. The Bertz CT molecular complexity index is 414. The number of halogens is 1. The molecule has 0 bridgehead atoms. The smallest absolute Gasteiger partial charge is 0.255 e. The van der Waals surface area contributed by atoms with Crippen molar-refractivity contribution in [3.8, 4) is 0 Å². The monoisotopic (exact) mass is 252 g/mol. The minimum Gasteiger partial charge on any atom is -0.339 e. The van der Waals surface area contributed by atoms with E-state index in [-0.39, 0.29) is 17.1 Å². The van der Waals surface area contributed by atoms with Gasteiger partial charge in [0.15, 0.2) is 0 Å². The van der Waals surface area contributed by atoms with Crippen LogP contribution in [0.4, 0.5) is 0 Å². The summed E-state index contributed by atoms with van der Waals surface area (Å²) < 4.78 is 0. The second-order valence-electron chi connectivity index (χ2n) is 4.11. The first-order valence-electron chi connectivity index (χ1n) is 5.57. The Morgan fingerprint density at radius 3 is 2.59 bits per heavy atom. The first kappa shape index (κ1) is 12.0. The van der Waals surface area contributed by atoms with Gasteiger partial charge in [-0.3, -0.25) is 14.6 Å². The summed E-state index contributed by atoms with van der Waals surface area (Å²) in [5, 5.41) is -0.293. The van der Waals surface area contributed by atoms with E-state index in [1.54, 1.807) is 29.4 Å². The van der Waals surface area contributed by atoms with E-state index in [2.05, 4.69) is 4.98 Å². The number of carbonyl (C=O) groups excluding carboxylic acids is 2. The van der Waals surface area contributed by atoms with Crippen molar-refractivity contribution < 1.29 is 9.59 Å². The number of amides is 1. The maximum atomic E-state index is 12.0. The highest BCUT2D eigenvalue weighted by Crippen LogP contribution is 2.20. The van der Waals surface area contributed by atoms with Gasteiger partial charge in [0.1, 0.15) is 0 Å². The summed E-state index contributed by atoms with van der Waals surface area (Å²) in [6.45, 7) is 1.16. The molecule has 0 unspecified atom stereocenters. The normalized spacial score (nSPS) is 16.9. The molecule has 1 aromatic rings. The highest BCUT2D eigenvalue weighted by molar-refractivity contribution is 6.64. The highest BCUT2D eigenvalue weighted by Gasteiger charge is 2.26. The number of nitrogens with zero attached hydrogens (tertiary/aromatic N) is 2. The number of hydrogen-bond donors (Lipinski definition) is 0. The van der Waals surface area contributed by atoms with Crippen LogP contribution < -0.4 is 0 Å². The van der Waals surface area contributed by atoms with Crippen LogP contribution in [-0.4, -0.2) is 34.1 Å². The lowest BCUT2D eigenvalue weighted by molar-refractivity contribution is -0.116. The topological polar surface area (TPSA) is 50.3 Å². The van der Waals surface area contributed by atoms with Crippen LogP contribution in [-0.2, 0) is 4.79 Å². The zero-order valence-corrected chi connectivity index (χ0v) is 10.1. The first-order valence-corrected chi connectivity index (χ1v) is 5.95. The Hall–Kier alpha value is -1.42. The van der Waals surface area contributed by atoms with Gasteiger partial charge in [-0.05, 0) is 36.6 Å². The molecule has 0 atom stereocenters. The van der Waals surface area contributed by atoms with Crippen molar-refractivity contribution in [1.29, 1.82) is 0 Å². The molecule has 1 aliphatic heterocycles. The highest BCUT2D eigenvalue weighted by atomic mass is 35.5. The van der Waals surface area contributed by atoms with Crippen LogP contribution in [0.2, 0.25) is 0 Å². The zero-order valence-electron chi connectivity index (χ0n) is 9.30. The third kappa shape index (κ3) is 2.82. The summed E-state index contributed by atoms with van der Waals surface area (Å²) in [7, 11) is 0. The van der Waals surface area contributed by atoms with E-state index < -0.39 is 0 Å². The minimum absolute atomic E-state index is 0.0291. The van der Waals surface area contributed by atoms with Crippen molar-refractivity contribution >= 4 is 22.8 Å². The number of rotatable bonds is 2. The molecule has 17 heavy (non-hydrogen) atoms. The molecule has 1 amide bonds. The molecule has 4 nitrogen and oxygen atoms in total. The molecule has 0 aliphatic carbocycles. The van der Waals surface area contributed by atoms with Gasteiger partial charge in [0, 0.05) is 31.4 Å². The van der Waals surface area contributed by atoms with E-state index in [9.17, 15) is 9.59 Å². The molecule has 2 heterocycles. The van der Waals surface area contributed by atoms with E-state index in [1.165, 1.54) is 0 Å². The van der Waals surface area contributed by atoms with Crippen molar-refractivity contribution in [1.82, 2.24) is 9.88 Å². The third-order valence-electron chi connectivity index (χ3n) is 3.01. The number of pyridine rings is 1. The predicted molar refractivity (Wildman–Crippen MR) is 63.7 cm³/mol. The number of hydrogen-bond acceptors (Lipinski definition) is 3. The Kier molecular flexibility index (Phi) is 3.74. The molecule has 5 heteroatoms. The van der Waals surface area contributed by atoms with E-state index in [0.29, 0.717) is 31.5 Å². The fourth-order valence-corrected chi connectivity index (χ4v) is 2.20. The van der Waals surface area contributed by atoms with Crippen molar-refractivity contribution in [2.24, 2.45) is 5.92 Å². The standard InChI is InChI=1S/C12H13ClN2O2/c13-11(16)9-3-6-15(7-4-9)12(17)10-2-1-5-14-8-10/h1-2,5,8-9H,3-4,6-7H2. The molecule has 1 aliphatic rings.